The zero-order valence-corrected chi connectivity index (χ0v) is 12.1. The van der Waals surface area contributed by atoms with Crippen molar-refractivity contribution in [1.82, 2.24) is 14.7 Å². The number of aryl methyl sites for hydroxylation is 1. The standard InChI is InChI=1S/C15H21N3O2/c1-3-18-15-13(6-16-18)8-17(9-14(15)11-19-2)7-12-4-5-20-10-12/h4-6,10,14H,3,7-9,11H2,1-2H3/t14-/m1/s1. The van der Waals surface area contributed by atoms with E-state index in [4.69, 9.17) is 9.15 Å². The fourth-order valence-electron chi connectivity index (χ4n) is 3.08. The SMILES string of the molecule is CCn1ncc2c1[C@@H](COC)CN(Cc1ccoc1)C2. The Labute approximate surface area is 119 Å². The van der Waals surface area contributed by atoms with Crippen molar-refractivity contribution in [3.8, 4) is 0 Å². The lowest BCUT2D eigenvalue weighted by Gasteiger charge is -2.32. The first-order chi connectivity index (χ1) is 9.81. The molecule has 0 saturated carbocycles. The molecule has 5 heteroatoms. The molecule has 0 fully saturated rings. The monoisotopic (exact) mass is 275 g/mol. The van der Waals surface area contributed by atoms with Crippen molar-refractivity contribution >= 4 is 0 Å². The Bertz CT molecular complexity index is 547. The van der Waals surface area contributed by atoms with Crippen molar-refractivity contribution in [3.05, 3.63) is 41.6 Å². The van der Waals surface area contributed by atoms with Crippen molar-refractivity contribution in [1.29, 1.82) is 0 Å². The van der Waals surface area contributed by atoms with Crippen LogP contribution in [-0.2, 0) is 24.4 Å². The van der Waals surface area contributed by atoms with Gasteiger partial charge in [-0.15, -0.1) is 0 Å². The van der Waals surface area contributed by atoms with Crippen molar-refractivity contribution < 1.29 is 9.15 Å². The van der Waals surface area contributed by atoms with Crippen molar-refractivity contribution in [2.24, 2.45) is 0 Å². The van der Waals surface area contributed by atoms with Crippen LogP contribution in [0.25, 0.3) is 0 Å². The normalized spacial score (nSPS) is 19.2. The molecule has 3 heterocycles. The molecule has 1 aliphatic rings. The Balaban J connectivity index is 1.81. The first-order valence-electron chi connectivity index (χ1n) is 7.08. The average molecular weight is 275 g/mol. The number of hydrogen-bond donors (Lipinski definition) is 0. The average Bonchev–Trinajstić information content (AvgIpc) is 3.08. The van der Waals surface area contributed by atoms with E-state index in [1.165, 1.54) is 16.8 Å². The summed E-state index contributed by atoms with van der Waals surface area (Å²) in [4.78, 5) is 2.43. The zero-order chi connectivity index (χ0) is 13.9. The maximum absolute atomic E-state index is 5.40. The van der Waals surface area contributed by atoms with E-state index < -0.39 is 0 Å². The smallest absolute Gasteiger partial charge is 0.0947 e. The number of hydrogen-bond acceptors (Lipinski definition) is 4. The van der Waals surface area contributed by atoms with Crippen LogP contribution in [0.4, 0.5) is 0 Å². The van der Waals surface area contributed by atoms with E-state index in [1.54, 1.807) is 13.4 Å². The van der Waals surface area contributed by atoms with Gasteiger partial charge < -0.3 is 9.15 Å². The minimum Gasteiger partial charge on any atom is -0.472 e. The molecule has 0 bridgehead atoms. The van der Waals surface area contributed by atoms with Gasteiger partial charge in [-0.05, 0) is 13.0 Å². The van der Waals surface area contributed by atoms with Crippen molar-refractivity contribution in [3.63, 3.8) is 0 Å². The molecule has 0 spiro atoms. The van der Waals surface area contributed by atoms with Gasteiger partial charge in [-0.1, -0.05) is 0 Å². The second kappa shape index (κ2) is 5.81. The first-order valence-corrected chi connectivity index (χ1v) is 7.08. The van der Waals surface area contributed by atoms with E-state index in [1.807, 2.05) is 18.5 Å². The van der Waals surface area contributed by atoms with Gasteiger partial charge in [0.15, 0.2) is 0 Å². The lowest BCUT2D eigenvalue weighted by Crippen LogP contribution is -2.35. The number of furan rings is 1. The third-order valence-corrected chi connectivity index (χ3v) is 3.87. The summed E-state index contributed by atoms with van der Waals surface area (Å²) in [6.45, 7) is 6.64. The summed E-state index contributed by atoms with van der Waals surface area (Å²) in [7, 11) is 1.77. The molecule has 0 radical (unpaired) electrons. The molecule has 0 N–H and O–H groups in total. The summed E-state index contributed by atoms with van der Waals surface area (Å²) in [5.74, 6) is 0.387. The van der Waals surface area contributed by atoms with Crippen molar-refractivity contribution in [2.45, 2.75) is 32.5 Å². The lowest BCUT2D eigenvalue weighted by molar-refractivity contribution is 0.132. The summed E-state index contributed by atoms with van der Waals surface area (Å²) in [6.07, 6.45) is 5.55. The van der Waals surface area contributed by atoms with E-state index in [0.717, 1.165) is 32.8 Å². The van der Waals surface area contributed by atoms with Crippen LogP contribution in [0.15, 0.2) is 29.2 Å². The van der Waals surface area contributed by atoms with Crippen LogP contribution in [0.5, 0.6) is 0 Å². The molecule has 108 valence electrons. The van der Waals surface area contributed by atoms with E-state index in [0.29, 0.717) is 5.92 Å². The fraction of sp³-hybridized carbons (Fsp3) is 0.533. The molecule has 0 unspecified atom stereocenters. The van der Waals surface area contributed by atoms with Crippen LogP contribution in [0.2, 0.25) is 0 Å². The summed E-state index contributed by atoms with van der Waals surface area (Å²) in [5, 5.41) is 4.50. The lowest BCUT2D eigenvalue weighted by atomic mass is 9.96. The Hall–Kier alpha value is -1.59. The number of rotatable bonds is 5. The maximum Gasteiger partial charge on any atom is 0.0947 e. The van der Waals surface area contributed by atoms with Crippen LogP contribution in [-0.4, -0.2) is 34.9 Å². The highest BCUT2D eigenvalue weighted by molar-refractivity contribution is 5.26. The fourth-order valence-corrected chi connectivity index (χ4v) is 3.08. The topological polar surface area (TPSA) is 43.4 Å². The number of aromatic nitrogens is 2. The molecule has 3 rings (SSSR count). The summed E-state index contributed by atoms with van der Waals surface area (Å²) < 4.78 is 12.7. The van der Waals surface area contributed by atoms with Crippen LogP contribution in [0.3, 0.4) is 0 Å². The Morgan fingerprint density at radius 2 is 2.40 bits per heavy atom. The van der Waals surface area contributed by atoms with Crippen LogP contribution in [0, 0.1) is 0 Å². The largest absolute Gasteiger partial charge is 0.472 e. The van der Waals surface area contributed by atoms with Crippen LogP contribution < -0.4 is 0 Å². The molecule has 0 aliphatic carbocycles. The van der Waals surface area contributed by atoms with Gasteiger partial charge in [0.25, 0.3) is 0 Å². The predicted molar refractivity (Wildman–Crippen MR) is 75.3 cm³/mol. The van der Waals surface area contributed by atoms with Gasteiger partial charge in [-0.2, -0.15) is 5.10 Å². The van der Waals surface area contributed by atoms with Crippen LogP contribution in [0.1, 0.15) is 29.7 Å². The molecule has 1 atom stereocenters. The summed E-state index contributed by atoms with van der Waals surface area (Å²) in [6, 6.07) is 2.02. The second-order valence-electron chi connectivity index (χ2n) is 5.32. The zero-order valence-electron chi connectivity index (χ0n) is 12.1. The Morgan fingerprint density at radius 1 is 1.50 bits per heavy atom. The van der Waals surface area contributed by atoms with Gasteiger partial charge in [0, 0.05) is 56.0 Å². The van der Waals surface area contributed by atoms with Gasteiger partial charge in [0.1, 0.15) is 0 Å². The van der Waals surface area contributed by atoms with E-state index in [2.05, 4.69) is 21.6 Å². The molecule has 5 nitrogen and oxygen atoms in total. The van der Waals surface area contributed by atoms with E-state index >= 15 is 0 Å². The predicted octanol–water partition coefficient (Wildman–Crippen LogP) is 2.24. The maximum atomic E-state index is 5.40. The third kappa shape index (κ3) is 2.51. The third-order valence-electron chi connectivity index (χ3n) is 3.87. The van der Waals surface area contributed by atoms with E-state index in [-0.39, 0.29) is 0 Å². The van der Waals surface area contributed by atoms with Gasteiger partial charge in [0.05, 0.1) is 25.3 Å². The van der Waals surface area contributed by atoms with Gasteiger partial charge >= 0.3 is 0 Å². The number of nitrogens with zero attached hydrogens (tertiary/aromatic N) is 3. The molecule has 2 aromatic rings. The first kappa shape index (κ1) is 13.4. The number of fused-ring (bicyclic) bond motifs is 1. The number of methoxy groups -OCH3 is 1. The Morgan fingerprint density at radius 3 is 3.10 bits per heavy atom. The molecule has 0 aromatic carbocycles. The molecule has 1 aliphatic heterocycles. The molecule has 0 amide bonds. The molecular weight excluding hydrogens is 254 g/mol. The number of ether oxygens (including phenoxy) is 1. The summed E-state index contributed by atoms with van der Waals surface area (Å²) >= 11 is 0. The highest BCUT2D eigenvalue weighted by atomic mass is 16.5. The molecule has 20 heavy (non-hydrogen) atoms. The highest BCUT2D eigenvalue weighted by Gasteiger charge is 2.29. The van der Waals surface area contributed by atoms with E-state index in [9.17, 15) is 0 Å². The summed E-state index contributed by atoms with van der Waals surface area (Å²) in [5.41, 5.74) is 3.88. The van der Waals surface area contributed by atoms with Crippen molar-refractivity contribution in [2.75, 3.05) is 20.3 Å². The van der Waals surface area contributed by atoms with Crippen LogP contribution >= 0.6 is 0 Å². The van der Waals surface area contributed by atoms with Gasteiger partial charge in [0.2, 0.25) is 0 Å². The molecule has 0 saturated heterocycles. The Kier molecular flexibility index (Phi) is 3.89. The molecular formula is C15H21N3O2. The second-order valence-corrected chi connectivity index (χ2v) is 5.32. The highest BCUT2D eigenvalue weighted by Crippen LogP contribution is 2.29. The quantitative estimate of drug-likeness (QED) is 0.839. The van der Waals surface area contributed by atoms with Gasteiger partial charge in [-0.25, -0.2) is 0 Å². The minimum absolute atomic E-state index is 0.387. The minimum atomic E-state index is 0.387. The van der Waals surface area contributed by atoms with Gasteiger partial charge in [-0.3, -0.25) is 9.58 Å². The molecule has 2 aromatic heterocycles.